The molecule has 0 radical (unpaired) electrons. The Kier molecular flexibility index (Phi) is 13.1. The maximum atomic E-state index is 11.7. The summed E-state index contributed by atoms with van der Waals surface area (Å²) in [6.07, 6.45) is 14.2. The lowest BCUT2D eigenvalue weighted by molar-refractivity contribution is -0.126. The van der Waals surface area contributed by atoms with Crippen LogP contribution in [0.2, 0.25) is 0 Å². The Morgan fingerprint density at radius 3 is 1.84 bits per heavy atom. The van der Waals surface area contributed by atoms with E-state index in [1.807, 2.05) is 4.90 Å². The number of unbranched alkanes of at least 4 members (excludes halogenated alkanes) is 8. The van der Waals surface area contributed by atoms with Crippen molar-refractivity contribution in [2.45, 2.75) is 78.1 Å². The SMILES string of the molecule is C=CC(=O)N(CCCC)CCCCCCCCCC. The highest BCUT2D eigenvalue weighted by Gasteiger charge is 2.08. The summed E-state index contributed by atoms with van der Waals surface area (Å²) >= 11 is 0. The fraction of sp³-hybridized carbons (Fsp3) is 0.824. The summed E-state index contributed by atoms with van der Waals surface area (Å²) in [5.74, 6) is 0.0939. The number of rotatable bonds is 13. The summed E-state index contributed by atoms with van der Waals surface area (Å²) in [5, 5.41) is 0. The lowest BCUT2D eigenvalue weighted by Gasteiger charge is -2.20. The van der Waals surface area contributed by atoms with Gasteiger partial charge in [0.25, 0.3) is 0 Å². The van der Waals surface area contributed by atoms with Gasteiger partial charge in [0.05, 0.1) is 0 Å². The van der Waals surface area contributed by atoms with E-state index >= 15 is 0 Å². The minimum atomic E-state index is 0.0939. The number of nitrogens with zero attached hydrogens (tertiary/aromatic N) is 1. The van der Waals surface area contributed by atoms with Crippen molar-refractivity contribution in [2.75, 3.05) is 13.1 Å². The summed E-state index contributed by atoms with van der Waals surface area (Å²) < 4.78 is 0. The zero-order chi connectivity index (χ0) is 14.3. The quantitative estimate of drug-likeness (QED) is 0.342. The van der Waals surface area contributed by atoms with Crippen molar-refractivity contribution in [3.8, 4) is 0 Å². The monoisotopic (exact) mass is 267 g/mol. The maximum absolute atomic E-state index is 11.7. The molecule has 0 aliphatic carbocycles. The van der Waals surface area contributed by atoms with Crippen LogP contribution in [-0.2, 0) is 4.79 Å². The van der Waals surface area contributed by atoms with E-state index < -0.39 is 0 Å². The van der Waals surface area contributed by atoms with Gasteiger partial charge in [-0.05, 0) is 18.9 Å². The van der Waals surface area contributed by atoms with Gasteiger partial charge in [-0.3, -0.25) is 4.79 Å². The minimum Gasteiger partial charge on any atom is -0.339 e. The molecule has 0 saturated heterocycles. The molecule has 0 fully saturated rings. The molecule has 19 heavy (non-hydrogen) atoms. The fourth-order valence-electron chi connectivity index (χ4n) is 2.25. The minimum absolute atomic E-state index is 0.0939. The third kappa shape index (κ3) is 10.8. The standard InChI is InChI=1S/C17H33NO/c1-4-7-9-10-11-12-13-14-16-18(15-8-5-2)17(19)6-3/h6H,3-5,7-16H2,1-2H3. The Bertz CT molecular complexity index is 225. The van der Waals surface area contributed by atoms with E-state index in [1.165, 1.54) is 51.0 Å². The first-order chi connectivity index (χ1) is 9.26. The Balaban J connectivity index is 3.57. The first-order valence-corrected chi connectivity index (χ1v) is 8.17. The van der Waals surface area contributed by atoms with Gasteiger partial charge in [-0.15, -0.1) is 0 Å². The summed E-state index contributed by atoms with van der Waals surface area (Å²) in [5.41, 5.74) is 0. The molecule has 0 unspecified atom stereocenters. The molecule has 0 aromatic carbocycles. The fourth-order valence-corrected chi connectivity index (χ4v) is 2.25. The van der Waals surface area contributed by atoms with Crippen LogP contribution in [0, 0.1) is 0 Å². The molecule has 0 aromatic heterocycles. The van der Waals surface area contributed by atoms with Gasteiger partial charge in [0, 0.05) is 13.1 Å². The molecule has 0 saturated carbocycles. The normalized spacial score (nSPS) is 10.4. The molecular weight excluding hydrogens is 234 g/mol. The highest BCUT2D eigenvalue weighted by atomic mass is 16.2. The van der Waals surface area contributed by atoms with E-state index in [2.05, 4.69) is 20.4 Å². The van der Waals surface area contributed by atoms with E-state index in [9.17, 15) is 4.79 Å². The van der Waals surface area contributed by atoms with Gasteiger partial charge in [-0.2, -0.15) is 0 Å². The van der Waals surface area contributed by atoms with Crippen LogP contribution in [0.4, 0.5) is 0 Å². The third-order valence-corrected chi connectivity index (χ3v) is 3.55. The van der Waals surface area contributed by atoms with Crippen LogP contribution in [0.15, 0.2) is 12.7 Å². The summed E-state index contributed by atoms with van der Waals surface area (Å²) in [7, 11) is 0. The van der Waals surface area contributed by atoms with E-state index in [0.717, 1.165) is 32.4 Å². The molecule has 0 aliphatic heterocycles. The topological polar surface area (TPSA) is 20.3 Å². The molecule has 2 heteroatoms. The van der Waals surface area contributed by atoms with Crippen LogP contribution >= 0.6 is 0 Å². The number of hydrogen-bond acceptors (Lipinski definition) is 1. The zero-order valence-corrected chi connectivity index (χ0v) is 13.1. The van der Waals surface area contributed by atoms with Crippen LogP contribution < -0.4 is 0 Å². The molecule has 0 N–H and O–H groups in total. The van der Waals surface area contributed by atoms with E-state index in [1.54, 1.807) is 0 Å². The molecular formula is C17H33NO. The summed E-state index contributed by atoms with van der Waals surface area (Å²) in [6, 6.07) is 0. The molecule has 0 rings (SSSR count). The van der Waals surface area contributed by atoms with Gasteiger partial charge in [0.15, 0.2) is 0 Å². The second-order valence-electron chi connectivity index (χ2n) is 5.36. The van der Waals surface area contributed by atoms with Gasteiger partial charge in [0.2, 0.25) is 5.91 Å². The Hall–Kier alpha value is -0.790. The second-order valence-corrected chi connectivity index (χ2v) is 5.36. The summed E-state index contributed by atoms with van der Waals surface area (Å²) in [6.45, 7) is 9.79. The van der Waals surface area contributed by atoms with Crippen LogP contribution in [0.1, 0.15) is 78.1 Å². The van der Waals surface area contributed by atoms with E-state index in [0.29, 0.717) is 0 Å². The number of hydrogen-bond donors (Lipinski definition) is 0. The first-order valence-electron chi connectivity index (χ1n) is 8.17. The van der Waals surface area contributed by atoms with Gasteiger partial charge in [-0.25, -0.2) is 0 Å². The first kappa shape index (κ1) is 18.2. The molecule has 0 bridgehead atoms. The van der Waals surface area contributed by atoms with Gasteiger partial charge in [0.1, 0.15) is 0 Å². The number of carbonyl (C=O) groups excluding carboxylic acids is 1. The largest absolute Gasteiger partial charge is 0.339 e. The van der Waals surface area contributed by atoms with Crippen molar-refractivity contribution in [3.63, 3.8) is 0 Å². The summed E-state index contributed by atoms with van der Waals surface area (Å²) in [4.78, 5) is 13.6. The molecule has 2 nitrogen and oxygen atoms in total. The smallest absolute Gasteiger partial charge is 0.245 e. The van der Waals surface area contributed by atoms with Crippen molar-refractivity contribution >= 4 is 5.91 Å². The molecule has 0 aromatic rings. The van der Waals surface area contributed by atoms with Crippen LogP contribution in [-0.4, -0.2) is 23.9 Å². The van der Waals surface area contributed by atoms with Crippen molar-refractivity contribution in [3.05, 3.63) is 12.7 Å². The Morgan fingerprint density at radius 1 is 0.842 bits per heavy atom. The van der Waals surface area contributed by atoms with E-state index in [-0.39, 0.29) is 5.91 Å². The van der Waals surface area contributed by atoms with Crippen molar-refractivity contribution < 1.29 is 4.79 Å². The van der Waals surface area contributed by atoms with Crippen LogP contribution in [0.25, 0.3) is 0 Å². The molecule has 1 amide bonds. The second kappa shape index (κ2) is 13.6. The van der Waals surface area contributed by atoms with Crippen LogP contribution in [0.3, 0.4) is 0 Å². The van der Waals surface area contributed by atoms with Crippen LogP contribution in [0.5, 0.6) is 0 Å². The number of carbonyl (C=O) groups is 1. The lowest BCUT2D eigenvalue weighted by Crippen LogP contribution is -2.31. The highest BCUT2D eigenvalue weighted by molar-refractivity contribution is 5.86. The van der Waals surface area contributed by atoms with Gasteiger partial charge >= 0.3 is 0 Å². The zero-order valence-electron chi connectivity index (χ0n) is 13.1. The van der Waals surface area contributed by atoms with Gasteiger partial charge in [-0.1, -0.05) is 71.8 Å². The molecule has 112 valence electrons. The predicted octanol–water partition coefficient (Wildman–Crippen LogP) is 4.94. The van der Waals surface area contributed by atoms with Crippen molar-refractivity contribution in [1.82, 2.24) is 4.90 Å². The van der Waals surface area contributed by atoms with Gasteiger partial charge < -0.3 is 4.90 Å². The van der Waals surface area contributed by atoms with Crippen molar-refractivity contribution in [2.24, 2.45) is 0 Å². The Morgan fingerprint density at radius 2 is 1.32 bits per heavy atom. The Labute approximate surface area is 120 Å². The predicted molar refractivity (Wildman–Crippen MR) is 84.3 cm³/mol. The highest BCUT2D eigenvalue weighted by Crippen LogP contribution is 2.09. The molecule has 0 aliphatic rings. The average molecular weight is 267 g/mol. The average Bonchev–Trinajstić information content (AvgIpc) is 2.44. The third-order valence-electron chi connectivity index (χ3n) is 3.55. The number of amides is 1. The maximum Gasteiger partial charge on any atom is 0.245 e. The molecule has 0 atom stereocenters. The van der Waals surface area contributed by atoms with E-state index in [4.69, 9.17) is 0 Å². The lowest BCUT2D eigenvalue weighted by atomic mass is 10.1. The molecule has 0 heterocycles. The molecule has 0 spiro atoms. The van der Waals surface area contributed by atoms with Crippen molar-refractivity contribution in [1.29, 1.82) is 0 Å².